The molecule has 232 valence electrons. The van der Waals surface area contributed by atoms with Crippen LogP contribution in [0.3, 0.4) is 0 Å². The van der Waals surface area contributed by atoms with Crippen molar-refractivity contribution in [1.29, 1.82) is 0 Å². The summed E-state index contributed by atoms with van der Waals surface area (Å²) in [6.45, 7) is 3.26. The average Bonchev–Trinajstić information content (AvgIpc) is 3.92. The molecule has 0 aromatic carbocycles. The maximum atomic E-state index is 5.23. The van der Waals surface area contributed by atoms with Gasteiger partial charge in [-0.25, -0.2) is 0 Å². The van der Waals surface area contributed by atoms with Gasteiger partial charge in [-0.05, 0) is 0 Å². The lowest BCUT2D eigenvalue weighted by Crippen LogP contribution is -2.06. The van der Waals surface area contributed by atoms with Crippen LogP contribution >= 0.6 is 0 Å². The summed E-state index contributed by atoms with van der Waals surface area (Å²) in [6, 6.07) is 0. The van der Waals surface area contributed by atoms with Crippen LogP contribution in [0.15, 0.2) is 0 Å². The van der Waals surface area contributed by atoms with Gasteiger partial charge in [0, 0.05) is 0 Å². The molecule has 3 aliphatic carbocycles. The molecule has 5 rings (SSSR count). The number of hydrogen-bond acceptors (Lipinski definition) is 3. The van der Waals surface area contributed by atoms with Crippen LogP contribution in [0.4, 0.5) is 0 Å². The fourth-order valence-corrected chi connectivity index (χ4v) is 5.96. The van der Waals surface area contributed by atoms with E-state index in [4.69, 9.17) is 14.2 Å². The van der Waals surface area contributed by atoms with Crippen LogP contribution in [0.2, 0.25) is 0 Å². The maximum absolute atomic E-state index is 5.23. The molecule has 0 bridgehead atoms. The number of epoxide rings is 2. The second-order valence-electron chi connectivity index (χ2n) is 13.1. The Morgan fingerprint density at radius 1 is 0.282 bits per heavy atom. The first-order valence-electron chi connectivity index (χ1n) is 18.3. The van der Waals surface area contributed by atoms with Gasteiger partial charge in [0.05, 0.1) is 26.4 Å². The third-order valence-electron chi connectivity index (χ3n) is 8.91. The molecule has 0 amide bonds. The quantitative estimate of drug-likeness (QED) is 0.326. The van der Waals surface area contributed by atoms with Crippen molar-refractivity contribution in [3.8, 4) is 0 Å². The number of rotatable bonds is 4. The predicted molar refractivity (Wildman–Crippen MR) is 169 cm³/mol. The van der Waals surface area contributed by atoms with E-state index in [0.29, 0.717) is 12.2 Å². The Bertz CT molecular complexity index is 315. The van der Waals surface area contributed by atoms with Crippen LogP contribution in [0.25, 0.3) is 0 Å². The molecule has 0 aromatic heterocycles. The van der Waals surface area contributed by atoms with E-state index < -0.39 is 0 Å². The first-order chi connectivity index (χ1) is 19.4. The average molecular weight is 551 g/mol. The second kappa shape index (κ2) is 28.0. The van der Waals surface area contributed by atoms with Gasteiger partial charge >= 0.3 is 0 Å². The molecule has 2 heterocycles. The smallest absolute Gasteiger partial charge is 0.104 e. The summed E-state index contributed by atoms with van der Waals surface area (Å²) in [5.74, 6) is 0. The van der Waals surface area contributed by atoms with Gasteiger partial charge in [-0.3, -0.25) is 0 Å². The largest absolute Gasteiger partial charge is 0.376 e. The molecule has 3 saturated carbocycles. The van der Waals surface area contributed by atoms with Gasteiger partial charge in [-0.1, -0.05) is 193 Å². The summed E-state index contributed by atoms with van der Waals surface area (Å²) in [5, 5.41) is 0. The van der Waals surface area contributed by atoms with Gasteiger partial charge < -0.3 is 14.2 Å². The predicted octanol–water partition coefficient (Wildman–Crippen LogP) is 11.5. The lowest BCUT2D eigenvalue weighted by atomic mass is 10.0. The van der Waals surface area contributed by atoms with E-state index in [9.17, 15) is 0 Å². The van der Waals surface area contributed by atoms with E-state index in [1.807, 2.05) is 0 Å². The molecule has 0 N–H and O–H groups in total. The molecule has 5 fully saturated rings. The highest BCUT2D eigenvalue weighted by molar-refractivity contribution is 4.71. The molecule has 2 saturated heterocycles. The van der Waals surface area contributed by atoms with E-state index in [-0.39, 0.29) is 0 Å². The molecule has 3 nitrogen and oxygen atoms in total. The van der Waals surface area contributed by atoms with Crippen LogP contribution in [0, 0.1) is 0 Å². The Morgan fingerprint density at radius 2 is 0.410 bits per heavy atom. The molecule has 0 aromatic rings. The summed E-state index contributed by atoms with van der Waals surface area (Å²) >= 11 is 0. The van der Waals surface area contributed by atoms with E-state index in [1.165, 1.54) is 193 Å². The van der Waals surface area contributed by atoms with Crippen molar-refractivity contribution < 1.29 is 14.2 Å². The first-order valence-corrected chi connectivity index (χ1v) is 18.3. The van der Waals surface area contributed by atoms with Crippen molar-refractivity contribution in [2.45, 2.75) is 205 Å². The molecule has 5 aliphatic rings. The molecule has 2 atom stereocenters. The summed E-state index contributed by atoms with van der Waals surface area (Å²) in [6.07, 6.45) is 45.8. The molecule has 3 heteroatoms. The van der Waals surface area contributed by atoms with Crippen molar-refractivity contribution >= 4 is 0 Å². The topological polar surface area (TPSA) is 34.3 Å². The second-order valence-corrected chi connectivity index (χ2v) is 13.1. The van der Waals surface area contributed by atoms with E-state index >= 15 is 0 Å². The van der Waals surface area contributed by atoms with Crippen LogP contribution in [0.1, 0.15) is 193 Å². The summed E-state index contributed by atoms with van der Waals surface area (Å²) in [4.78, 5) is 0. The lowest BCUT2D eigenvalue weighted by Gasteiger charge is -2.05. The zero-order chi connectivity index (χ0) is 27.3. The van der Waals surface area contributed by atoms with E-state index in [2.05, 4.69) is 0 Å². The lowest BCUT2D eigenvalue weighted by molar-refractivity contribution is 0.102. The number of hydrogen-bond donors (Lipinski definition) is 0. The SMILES string of the molecule is C(OCC1CO1)C1CO1.C1CCCCCCCCC1.C1CCCCCCCCC1.C1CCCCCCCCC1. The third kappa shape index (κ3) is 27.8. The highest BCUT2D eigenvalue weighted by Gasteiger charge is 2.26. The molecular formula is C36H70O3. The van der Waals surface area contributed by atoms with Gasteiger partial charge in [0.1, 0.15) is 12.2 Å². The van der Waals surface area contributed by atoms with Crippen LogP contribution < -0.4 is 0 Å². The molecule has 39 heavy (non-hydrogen) atoms. The molecule has 0 spiro atoms. The van der Waals surface area contributed by atoms with Crippen LogP contribution in [0.5, 0.6) is 0 Å². The van der Waals surface area contributed by atoms with E-state index in [0.717, 1.165) is 26.4 Å². The monoisotopic (exact) mass is 551 g/mol. The van der Waals surface area contributed by atoms with Crippen molar-refractivity contribution in [1.82, 2.24) is 0 Å². The Hall–Kier alpha value is -0.120. The van der Waals surface area contributed by atoms with Crippen molar-refractivity contribution in [2.24, 2.45) is 0 Å². The van der Waals surface area contributed by atoms with Gasteiger partial charge in [0.2, 0.25) is 0 Å². The highest BCUT2D eigenvalue weighted by Crippen LogP contribution is 2.18. The summed E-state index contributed by atoms with van der Waals surface area (Å²) in [5.41, 5.74) is 0. The van der Waals surface area contributed by atoms with Crippen molar-refractivity contribution in [2.75, 3.05) is 26.4 Å². The minimum atomic E-state index is 0.392. The fourth-order valence-electron chi connectivity index (χ4n) is 5.96. The van der Waals surface area contributed by atoms with E-state index in [1.54, 1.807) is 0 Å². The van der Waals surface area contributed by atoms with Gasteiger partial charge in [0.15, 0.2) is 0 Å². The fraction of sp³-hybridized carbons (Fsp3) is 1.00. The van der Waals surface area contributed by atoms with Gasteiger partial charge in [0.25, 0.3) is 0 Å². The minimum absolute atomic E-state index is 0.392. The zero-order valence-corrected chi connectivity index (χ0v) is 26.4. The maximum Gasteiger partial charge on any atom is 0.104 e. The molecule has 2 aliphatic heterocycles. The summed E-state index contributed by atoms with van der Waals surface area (Å²) in [7, 11) is 0. The zero-order valence-electron chi connectivity index (χ0n) is 26.4. The van der Waals surface area contributed by atoms with Crippen molar-refractivity contribution in [3.05, 3.63) is 0 Å². The Morgan fingerprint density at radius 3 is 0.513 bits per heavy atom. The Balaban J connectivity index is 0.000000182. The first kappa shape index (κ1) is 35.1. The molecule has 2 unspecified atom stereocenters. The van der Waals surface area contributed by atoms with Crippen molar-refractivity contribution in [3.63, 3.8) is 0 Å². The normalized spacial score (nSPS) is 27.4. The third-order valence-corrected chi connectivity index (χ3v) is 8.91. The van der Waals surface area contributed by atoms with Crippen LogP contribution in [-0.2, 0) is 14.2 Å². The standard InChI is InChI=1S/3C10H20.C6H10O3/c3*1-2-4-6-8-10-9-7-5-3-1;1(5-3-8-5)7-2-6-4-9-6/h3*1-10H2;5-6H,1-4H2. The van der Waals surface area contributed by atoms with Crippen LogP contribution in [-0.4, -0.2) is 38.6 Å². The molecular weight excluding hydrogens is 480 g/mol. The molecule has 0 radical (unpaired) electrons. The van der Waals surface area contributed by atoms with Gasteiger partial charge in [-0.15, -0.1) is 0 Å². The highest BCUT2D eigenvalue weighted by atomic mass is 16.6. The number of ether oxygens (including phenoxy) is 3. The Labute approximate surface area is 245 Å². The van der Waals surface area contributed by atoms with Gasteiger partial charge in [-0.2, -0.15) is 0 Å². The minimum Gasteiger partial charge on any atom is -0.376 e. The summed E-state index contributed by atoms with van der Waals surface area (Å²) < 4.78 is 15.1. The Kier molecular flexibility index (Phi) is 25.2.